The number of carbonyl (C=O) groups is 1. The average Bonchev–Trinajstić information content (AvgIpc) is 2.33. The fourth-order valence-corrected chi connectivity index (χ4v) is 1.48. The molecular weight excluding hydrogens is 162 g/mol. The molecular formula is C9H6F2O. The Morgan fingerprint density at radius 3 is 2.67 bits per heavy atom. The molecule has 62 valence electrons. The quantitative estimate of drug-likeness (QED) is 0.579. The lowest BCUT2D eigenvalue weighted by Gasteiger charge is -1.98. The molecule has 0 fully saturated rings. The van der Waals surface area contributed by atoms with E-state index in [-0.39, 0.29) is 11.3 Å². The van der Waals surface area contributed by atoms with Crippen molar-refractivity contribution in [1.29, 1.82) is 0 Å². The molecule has 0 amide bonds. The number of Topliss-reactive ketones (excluding diaryl/α,β-unsaturated/α-hetero) is 1. The van der Waals surface area contributed by atoms with Crippen LogP contribution in [0, 0.1) is 11.6 Å². The highest BCUT2D eigenvalue weighted by Crippen LogP contribution is 2.25. The SMILES string of the molecule is O=C1CCc2c(F)cc(F)cc21. The predicted octanol–water partition coefficient (Wildman–Crippen LogP) is 2.09. The van der Waals surface area contributed by atoms with Crippen LogP contribution in [0.15, 0.2) is 12.1 Å². The van der Waals surface area contributed by atoms with Crippen LogP contribution in [0.4, 0.5) is 8.78 Å². The molecule has 2 rings (SSSR count). The van der Waals surface area contributed by atoms with Gasteiger partial charge in [0.05, 0.1) is 0 Å². The van der Waals surface area contributed by atoms with E-state index in [2.05, 4.69) is 0 Å². The summed E-state index contributed by atoms with van der Waals surface area (Å²) < 4.78 is 25.5. The Kier molecular flexibility index (Phi) is 1.46. The first-order chi connectivity index (χ1) is 5.68. The third kappa shape index (κ3) is 0.932. The molecule has 0 bridgehead atoms. The molecule has 0 spiro atoms. The van der Waals surface area contributed by atoms with Crippen molar-refractivity contribution in [3.05, 3.63) is 34.9 Å². The summed E-state index contributed by atoms with van der Waals surface area (Å²) in [6, 6.07) is 1.92. The Morgan fingerprint density at radius 1 is 1.17 bits per heavy atom. The van der Waals surface area contributed by atoms with Gasteiger partial charge in [0, 0.05) is 18.1 Å². The fraction of sp³-hybridized carbons (Fsp3) is 0.222. The second kappa shape index (κ2) is 2.37. The van der Waals surface area contributed by atoms with E-state index < -0.39 is 11.6 Å². The molecule has 0 aliphatic heterocycles. The molecule has 0 saturated carbocycles. The van der Waals surface area contributed by atoms with Gasteiger partial charge in [-0.25, -0.2) is 8.78 Å². The molecule has 0 aromatic heterocycles. The van der Waals surface area contributed by atoms with E-state index >= 15 is 0 Å². The zero-order valence-corrected chi connectivity index (χ0v) is 6.23. The summed E-state index contributed by atoms with van der Waals surface area (Å²) in [5.41, 5.74) is 0.578. The maximum atomic E-state index is 12.9. The van der Waals surface area contributed by atoms with Crippen molar-refractivity contribution < 1.29 is 13.6 Å². The second-order valence-corrected chi connectivity index (χ2v) is 2.84. The minimum atomic E-state index is -0.679. The number of rotatable bonds is 0. The molecule has 0 saturated heterocycles. The maximum Gasteiger partial charge on any atom is 0.163 e. The Bertz CT molecular complexity index is 358. The fourth-order valence-electron chi connectivity index (χ4n) is 1.48. The molecule has 12 heavy (non-hydrogen) atoms. The lowest BCUT2D eigenvalue weighted by molar-refractivity contribution is 0.0994. The van der Waals surface area contributed by atoms with Gasteiger partial charge in [-0.15, -0.1) is 0 Å². The van der Waals surface area contributed by atoms with Gasteiger partial charge >= 0.3 is 0 Å². The molecule has 0 atom stereocenters. The largest absolute Gasteiger partial charge is 0.294 e. The summed E-state index contributed by atoms with van der Waals surface area (Å²) in [5.74, 6) is -1.44. The first-order valence-electron chi connectivity index (χ1n) is 3.69. The standard InChI is InChI=1S/C9H6F2O/c10-5-3-7-6(8(11)4-5)1-2-9(7)12/h3-4H,1-2H2. The van der Waals surface area contributed by atoms with Gasteiger partial charge in [0.15, 0.2) is 5.78 Å². The van der Waals surface area contributed by atoms with Gasteiger partial charge in [0.25, 0.3) is 0 Å². The van der Waals surface area contributed by atoms with Crippen LogP contribution in [-0.4, -0.2) is 5.78 Å². The molecule has 0 heterocycles. The van der Waals surface area contributed by atoms with Crippen LogP contribution in [0.1, 0.15) is 22.3 Å². The third-order valence-electron chi connectivity index (χ3n) is 2.06. The normalized spacial score (nSPS) is 15.0. The van der Waals surface area contributed by atoms with Crippen LogP contribution in [0.3, 0.4) is 0 Å². The van der Waals surface area contributed by atoms with E-state index in [0.29, 0.717) is 18.4 Å². The van der Waals surface area contributed by atoms with E-state index in [1.165, 1.54) is 0 Å². The molecule has 1 aliphatic rings. The van der Waals surface area contributed by atoms with Gasteiger partial charge in [-0.2, -0.15) is 0 Å². The highest BCUT2D eigenvalue weighted by Gasteiger charge is 2.23. The first-order valence-corrected chi connectivity index (χ1v) is 3.69. The van der Waals surface area contributed by atoms with Gasteiger partial charge in [0.1, 0.15) is 11.6 Å². The highest BCUT2D eigenvalue weighted by molar-refractivity contribution is 6.00. The van der Waals surface area contributed by atoms with Crippen LogP contribution in [0.25, 0.3) is 0 Å². The number of benzene rings is 1. The summed E-state index contributed by atoms with van der Waals surface area (Å²) in [6.07, 6.45) is 0.704. The summed E-state index contributed by atoms with van der Waals surface area (Å²) in [7, 11) is 0. The van der Waals surface area contributed by atoms with Crippen LogP contribution < -0.4 is 0 Å². The van der Waals surface area contributed by atoms with Gasteiger partial charge in [0.2, 0.25) is 0 Å². The number of fused-ring (bicyclic) bond motifs is 1. The van der Waals surface area contributed by atoms with Crippen LogP contribution >= 0.6 is 0 Å². The summed E-state index contributed by atoms with van der Waals surface area (Å²) >= 11 is 0. The van der Waals surface area contributed by atoms with Crippen molar-refractivity contribution in [2.45, 2.75) is 12.8 Å². The van der Waals surface area contributed by atoms with Crippen molar-refractivity contribution in [3.63, 3.8) is 0 Å². The average molecular weight is 168 g/mol. The zero-order valence-electron chi connectivity index (χ0n) is 6.23. The van der Waals surface area contributed by atoms with Crippen molar-refractivity contribution in [2.24, 2.45) is 0 Å². The number of hydrogen-bond donors (Lipinski definition) is 0. The molecule has 1 nitrogen and oxygen atoms in total. The lowest BCUT2D eigenvalue weighted by Crippen LogP contribution is -1.94. The number of carbonyl (C=O) groups excluding carboxylic acids is 1. The van der Waals surface area contributed by atoms with Gasteiger partial charge in [-0.1, -0.05) is 0 Å². The van der Waals surface area contributed by atoms with E-state index in [1.54, 1.807) is 0 Å². The Balaban J connectivity index is 2.68. The summed E-state index contributed by atoms with van der Waals surface area (Å²) in [6.45, 7) is 0. The number of ketones is 1. The monoisotopic (exact) mass is 168 g/mol. The van der Waals surface area contributed by atoms with Gasteiger partial charge in [-0.05, 0) is 18.1 Å². The van der Waals surface area contributed by atoms with Crippen LogP contribution in [-0.2, 0) is 6.42 Å². The van der Waals surface area contributed by atoms with E-state index in [1.807, 2.05) is 0 Å². The van der Waals surface area contributed by atoms with Crippen LogP contribution in [0.2, 0.25) is 0 Å². The molecule has 3 heteroatoms. The summed E-state index contributed by atoms with van der Waals surface area (Å²) in [5, 5.41) is 0. The van der Waals surface area contributed by atoms with Crippen LogP contribution in [0.5, 0.6) is 0 Å². The summed E-state index contributed by atoms with van der Waals surface area (Å²) in [4.78, 5) is 11.0. The van der Waals surface area contributed by atoms with Crippen molar-refractivity contribution in [3.8, 4) is 0 Å². The van der Waals surface area contributed by atoms with Crippen molar-refractivity contribution >= 4 is 5.78 Å². The molecule has 1 aromatic carbocycles. The Labute approximate surface area is 68.0 Å². The van der Waals surface area contributed by atoms with Gasteiger partial charge in [-0.3, -0.25) is 4.79 Å². The van der Waals surface area contributed by atoms with E-state index in [0.717, 1.165) is 12.1 Å². The molecule has 0 N–H and O–H groups in total. The lowest BCUT2D eigenvalue weighted by atomic mass is 10.1. The maximum absolute atomic E-state index is 12.9. The smallest absolute Gasteiger partial charge is 0.163 e. The minimum Gasteiger partial charge on any atom is -0.294 e. The number of halogens is 2. The first kappa shape index (κ1) is 7.40. The third-order valence-corrected chi connectivity index (χ3v) is 2.06. The van der Waals surface area contributed by atoms with Gasteiger partial charge < -0.3 is 0 Å². The second-order valence-electron chi connectivity index (χ2n) is 2.84. The van der Waals surface area contributed by atoms with Crippen molar-refractivity contribution in [1.82, 2.24) is 0 Å². The van der Waals surface area contributed by atoms with Crippen molar-refractivity contribution in [2.75, 3.05) is 0 Å². The Morgan fingerprint density at radius 2 is 1.92 bits per heavy atom. The molecule has 0 radical (unpaired) electrons. The Hall–Kier alpha value is -1.25. The highest BCUT2D eigenvalue weighted by atomic mass is 19.1. The zero-order chi connectivity index (χ0) is 8.72. The predicted molar refractivity (Wildman–Crippen MR) is 39.0 cm³/mol. The van der Waals surface area contributed by atoms with E-state index in [4.69, 9.17) is 0 Å². The minimum absolute atomic E-state index is 0.164. The van der Waals surface area contributed by atoms with E-state index in [9.17, 15) is 13.6 Å². The topological polar surface area (TPSA) is 17.1 Å². The molecule has 0 unspecified atom stereocenters. The number of hydrogen-bond acceptors (Lipinski definition) is 1. The molecule has 1 aliphatic carbocycles. The molecule has 1 aromatic rings.